The van der Waals surface area contributed by atoms with Gasteiger partial charge in [0.1, 0.15) is 0 Å². The van der Waals surface area contributed by atoms with Crippen molar-refractivity contribution in [2.45, 2.75) is 6.92 Å². The molecule has 0 spiro atoms. The molecule has 0 atom stereocenters. The molecule has 0 heterocycles. The Balaban J connectivity index is 2.80. The van der Waals surface area contributed by atoms with Crippen molar-refractivity contribution in [3.05, 3.63) is 41.2 Å². The predicted octanol–water partition coefficient (Wildman–Crippen LogP) is 1.79. The molecule has 0 aliphatic carbocycles. The van der Waals surface area contributed by atoms with Crippen molar-refractivity contribution in [1.82, 2.24) is 5.06 Å². The second-order valence-corrected chi connectivity index (χ2v) is 3.04. The average molecular weight is 218 g/mol. The van der Waals surface area contributed by atoms with Crippen LogP contribution in [0.1, 0.15) is 17.3 Å². The molecule has 0 saturated heterocycles. The molecule has 1 rings (SSSR count). The third-order valence-corrected chi connectivity index (χ3v) is 1.79. The lowest BCUT2D eigenvalue weighted by atomic mass is 10.2. The van der Waals surface area contributed by atoms with Crippen molar-refractivity contribution in [3.8, 4) is 0 Å². The Morgan fingerprint density at radius 3 is 2.31 bits per heavy atom. The molecule has 0 saturated carbocycles. The number of rotatable bonds is 1. The zero-order valence-corrected chi connectivity index (χ0v) is 8.93. The molecule has 0 fully saturated rings. The first-order chi connectivity index (χ1) is 7.54. The summed E-state index contributed by atoms with van der Waals surface area (Å²) in [5, 5.41) is 0.856. The summed E-state index contributed by atoms with van der Waals surface area (Å²) in [5.74, 6) is -1.000. The van der Waals surface area contributed by atoms with Crippen LogP contribution in [0.3, 0.4) is 0 Å². The lowest BCUT2D eigenvalue weighted by Crippen LogP contribution is -2.28. The molecule has 82 valence electrons. The first kappa shape index (κ1) is 11.7. The van der Waals surface area contributed by atoms with E-state index < -0.39 is 11.9 Å². The lowest BCUT2D eigenvalue weighted by molar-refractivity contribution is -0.170. The number of carbonyl (C=O) groups is 2. The molecule has 0 aliphatic rings. The summed E-state index contributed by atoms with van der Waals surface area (Å²) in [5.41, 5.74) is 0.808. The minimum absolute atomic E-state index is 0.358. The monoisotopic (exact) mass is 218 g/mol. The fourth-order valence-corrected chi connectivity index (χ4v) is 1.09. The SMILES string of the molecule is [C-]#[N+]c1ccc(C(=O)N(C)OC(C)=O)cc1. The molecule has 1 aromatic rings. The maximum atomic E-state index is 11.7. The maximum absolute atomic E-state index is 11.7. The molecular weight excluding hydrogens is 208 g/mol. The maximum Gasteiger partial charge on any atom is 0.329 e. The van der Waals surface area contributed by atoms with Gasteiger partial charge >= 0.3 is 5.97 Å². The second-order valence-electron chi connectivity index (χ2n) is 3.04. The smallest absolute Gasteiger partial charge is 0.329 e. The van der Waals surface area contributed by atoms with E-state index in [1.54, 1.807) is 0 Å². The summed E-state index contributed by atoms with van der Waals surface area (Å²) in [6.45, 7) is 7.97. The van der Waals surface area contributed by atoms with Gasteiger partial charge < -0.3 is 4.84 Å². The number of carbonyl (C=O) groups excluding carboxylic acids is 2. The summed E-state index contributed by atoms with van der Waals surface area (Å²) in [6, 6.07) is 6.08. The van der Waals surface area contributed by atoms with Crippen molar-refractivity contribution in [1.29, 1.82) is 0 Å². The van der Waals surface area contributed by atoms with E-state index in [0.717, 1.165) is 5.06 Å². The number of hydrogen-bond donors (Lipinski definition) is 0. The van der Waals surface area contributed by atoms with E-state index in [2.05, 4.69) is 9.68 Å². The molecule has 5 nitrogen and oxygen atoms in total. The van der Waals surface area contributed by atoms with E-state index in [-0.39, 0.29) is 0 Å². The third-order valence-electron chi connectivity index (χ3n) is 1.79. The lowest BCUT2D eigenvalue weighted by Gasteiger charge is -2.14. The molecule has 0 aliphatic heterocycles. The molecule has 0 aromatic heterocycles. The van der Waals surface area contributed by atoms with E-state index in [4.69, 9.17) is 6.57 Å². The molecule has 1 amide bonds. The number of hydrogen-bond acceptors (Lipinski definition) is 3. The highest BCUT2D eigenvalue weighted by atomic mass is 16.7. The van der Waals surface area contributed by atoms with Gasteiger partial charge in [0, 0.05) is 19.5 Å². The van der Waals surface area contributed by atoms with E-state index in [1.807, 2.05) is 0 Å². The second kappa shape index (κ2) is 4.94. The van der Waals surface area contributed by atoms with Crippen LogP contribution in [-0.2, 0) is 9.63 Å². The van der Waals surface area contributed by atoms with Crippen molar-refractivity contribution >= 4 is 17.6 Å². The van der Waals surface area contributed by atoms with Crippen molar-refractivity contribution < 1.29 is 14.4 Å². The van der Waals surface area contributed by atoms with Gasteiger partial charge in [-0.3, -0.25) is 9.59 Å². The van der Waals surface area contributed by atoms with E-state index in [0.29, 0.717) is 11.3 Å². The van der Waals surface area contributed by atoms with Crippen LogP contribution in [0, 0.1) is 6.57 Å². The Labute approximate surface area is 93.0 Å². The number of amides is 1. The fraction of sp³-hybridized carbons (Fsp3) is 0.182. The molecule has 0 radical (unpaired) electrons. The predicted molar refractivity (Wildman–Crippen MR) is 56.6 cm³/mol. The highest BCUT2D eigenvalue weighted by Gasteiger charge is 2.13. The van der Waals surface area contributed by atoms with Crippen LogP contribution in [0.25, 0.3) is 4.85 Å². The normalized spacial score (nSPS) is 9.06. The summed E-state index contributed by atoms with van der Waals surface area (Å²) < 4.78 is 0. The largest absolute Gasteiger partial charge is 0.338 e. The topological polar surface area (TPSA) is 51.0 Å². The van der Waals surface area contributed by atoms with Crippen LogP contribution < -0.4 is 0 Å². The minimum atomic E-state index is -0.561. The highest BCUT2D eigenvalue weighted by molar-refractivity contribution is 5.94. The van der Waals surface area contributed by atoms with Gasteiger partial charge in [-0.1, -0.05) is 24.3 Å². The third kappa shape index (κ3) is 2.82. The Kier molecular flexibility index (Phi) is 3.62. The molecule has 0 N–H and O–H groups in total. The molecule has 16 heavy (non-hydrogen) atoms. The molecule has 5 heteroatoms. The summed E-state index contributed by atoms with van der Waals surface area (Å²) in [6.07, 6.45) is 0. The van der Waals surface area contributed by atoms with Gasteiger partial charge in [-0.15, -0.1) is 0 Å². The van der Waals surface area contributed by atoms with Crippen LogP contribution in [-0.4, -0.2) is 24.0 Å². The summed E-state index contributed by atoms with van der Waals surface area (Å²) in [4.78, 5) is 30.1. The quantitative estimate of drug-likeness (QED) is 0.533. The Bertz CT molecular complexity index is 445. The van der Waals surface area contributed by atoms with E-state index >= 15 is 0 Å². The van der Waals surface area contributed by atoms with Gasteiger partial charge in [0.2, 0.25) is 0 Å². The van der Waals surface area contributed by atoms with Gasteiger partial charge in [0.25, 0.3) is 5.91 Å². The first-order valence-electron chi connectivity index (χ1n) is 4.48. The minimum Gasteiger partial charge on any atom is -0.338 e. The van der Waals surface area contributed by atoms with Crippen molar-refractivity contribution in [2.75, 3.05) is 7.05 Å². The average Bonchev–Trinajstić information content (AvgIpc) is 2.27. The zero-order valence-electron chi connectivity index (χ0n) is 8.93. The molecule has 0 bridgehead atoms. The van der Waals surface area contributed by atoms with Crippen molar-refractivity contribution in [2.24, 2.45) is 0 Å². The Morgan fingerprint density at radius 2 is 1.88 bits per heavy atom. The Morgan fingerprint density at radius 1 is 1.31 bits per heavy atom. The fourth-order valence-electron chi connectivity index (χ4n) is 1.09. The van der Waals surface area contributed by atoms with Gasteiger partial charge in [0.05, 0.1) is 6.57 Å². The summed E-state index contributed by atoms with van der Waals surface area (Å²) >= 11 is 0. The van der Waals surface area contributed by atoms with Crippen LogP contribution in [0.4, 0.5) is 5.69 Å². The highest BCUT2D eigenvalue weighted by Crippen LogP contribution is 2.13. The van der Waals surface area contributed by atoms with Crippen molar-refractivity contribution in [3.63, 3.8) is 0 Å². The van der Waals surface area contributed by atoms with Gasteiger partial charge in [0.15, 0.2) is 5.69 Å². The van der Waals surface area contributed by atoms with Crippen LogP contribution in [0.15, 0.2) is 24.3 Å². The summed E-state index contributed by atoms with van der Waals surface area (Å²) in [7, 11) is 1.35. The first-order valence-corrected chi connectivity index (χ1v) is 4.48. The van der Waals surface area contributed by atoms with E-state index in [1.165, 1.54) is 38.2 Å². The molecule has 0 unspecified atom stereocenters. The molecular formula is C11H10N2O3. The van der Waals surface area contributed by atoms with Crippen LogP contribution in [0.2, 0.25) is 0 Å². The Hall–Kier alpha value is -2.35. The zero-order chi connectivity index (χ0) is 12.1. The molecule has 1 aromatic carbocycles. The van der Waals surface area contributed by atoms with Gasteiger partial charge in [-0.05, 0) is 0 Å². The number of nitrogens with zero attached hydrogens (tertiary/aromatic N) is 2. The van der Waals surface area contributed by atoms with Gasteiger partial charge in [-0.2, -0.15) is 5.06 Å². The standard InChI is InChI=1S/C11H10N2O3/c1-8(14)16-13(3)11(15)9-4-6-10(12-2)7-5-9/h4-7H,1,3H3. The van der Waals surface area contributed by atoms with Gasteiger partial charge in [-0.25, -0.2) is 4.85 Å². The van der Waals surface area contributed by atoms with Crippen LogP contribution >= 0.6 is 0 Å². The van der Waals surface area contributed by atoms with Crippen LogP contribution in [0.5, 0.6) is 0 Å². The number of hydroxylamine groups is 2. The van der Waals surface area contributed by atoms with E-state index in [9.17, 15) is 9.59 Å². The number of benzene rings is 1.